The van der Waals surface area contributed by atoms with Gasteiger partial charge in [0.05, 0.1) is 5.51 Å². The average molecular weight is 228 g/mol. The molecule has 4 nitrogen and oxygen atoms in total. The Morgan fingerprint density at radius 1 is 1.60 bits per heavy atom. The van der Waals surface area contributed by atoms with Crippen LogP contribution >= 0.6 is 11.3 Å². The molecule has 5 heteroatoms. The average Bonchev–Trinajstić information content (AvgIpc) is 2.50. The van der Waals surface area contributed by atoms with Gasteiger partial charge < -0.3 is 10.4 Å². The van der Waals surface area contributed by atoms with Crippen LogP contribution < -0.4 is 5.32 Å². The van der Waals surface area contributed by atoms with Crippen LogP contribution in [0.1, 0.15) is 38.2 Å². The van der Waals surface area contributed by atoms with Crippen LogP contribution in [0.2, 0.25) is 0 Å². The van der Waals surface area contributed by atoms with E-state index < -0.39 is 5.97 Å². The van der Waals surface area contributed by atoms with Gasteiger partial charge in [-0.2, -0.15) is 0 Å². The minimum atomic E-state index is -0.986. The third-order valence-corrected chi connectivity index (χ3v) is 3.17. The summed E-state index contributed by atoms with van der Waals surface area (Å²) in [5.41, 5.74) is 1.73. The molecule has 1 atom stereocenters. The van der Waals surface area contributed by atoms with Crippen LogP contribution in [0.3, 0.4) is 0 Å². The molecule has 0 bridgehead atoms. The monoisotopic (exact) mass is 228 g/mol. The van der Waals surface area contributed by atoms with Crippen molar-refractivity contribution >= 4 is 22.3 Å². The van der Waals surface area contributed by atoms with E-state index >= 15 is 0 Å². The number of nitrogens with one attached hydrogen (secondary N) is 1. The van der Waals surface area contributed by atoms with Gasteiger partial charge in [-0.25, -0.2) is 9.78 Å². The normalized spacial score (nSPS) is 13.6. The molecule has 1 heterocycles. The van der Waals surface area contributed by atoms with Crippen molar-refractivity contribution in [2.24, 2.45) is 5.41 Å². The molecule has 0 amide bonds. The molecule has 0 saturated heterocycles. The minimum absolute atomic E-state index is 0.0831. The second-order valence-corrected chi connectivity index (χ2v) is 5.42. The fraction of sp³-hybridized carbons (Fsp3) is 0.600. The highest BCUT2D eigenvalue weighted by Gasteiger charge is 2.22. The molecule has 0 spiro atoms. The van der Waals surface area contributed by atoms with Gasteiger partial charge in [-0.1, -0.05) is 20.8 Å². The topological polar surface area (TPSA) is 62.2 Å². The number of hydrogen-bond acceptors (Lipinski definition) is 4. The van der Waals surface area contributed by atoms with E-state index in [1.54, 1.807) is 5.51 Å². The number of carboxylic acids is 1. The summed E-state index contributed by atoms with van der Waals surface area (Å²) >= 11 is 1.32. The Balaban J connectivity index is 2.81. The highest BCUT2D eigenvalue weighted by molar-refractivity contribution is 7.14. The van der Waals surface area contributed by atoms with Crippen molar-refractivity contribution in [2.45, 2.75) is 33.7 Å². The molecule has 15 heavy (non-hydrogen) atoms. The third kappa shape index (κ3) is 2.92. The Morgan fingerprint density at radius 2 is 2.20 bits per heavy atom. The lowest BCUT2D eigenvalue weighted by Gasteiger charge is -2.28. The van der Waals surface area contributed by atoms with Crippen molar-refractivity contribution < 1.29 is 9.90 Å². The molecule has 0 aliphatic rings. The number of carbonyl (C=O) groups is 1. The maximum Gasteiger partial charge on any atom is 0.357 e. The molecule has 0 aromatic carbocycles. The van der Waals surface area contributed by atoms with Crippen molar-refractivity contribution in [3.8, 4) is 0 Å². The molecule has 1 unspecified atom stereocenters. The molecule has 1 rings (SSSR count). The highest BCUT2D eigenvalue weighted by Crippen LogP contribution is 2.27. The van der Waals surface area contributed by atoms with E-state index in [0.717, 1.165) is 0 Å². The van der Waals surface area contributed by atoms with Crippen molar-refractivity contribution in [1.29, 1.82) is 0 Å². The minimum Gasteiger partial charge on any atom is -0.476 e. The second-order valence-electron chi connectivity index (χ2n) is 4.57. The zero-order valence-corrected chi connectivity index (χ0v) is 10.2. The van der Waals surface area contributed by atoms with Gasteiger partial charge in [0.1, 0.15) is 5.00 Å². The summed E-state index contributed by atoms with van der Waals surface area (Å²) < 4.78 is 0. The smallest absolute Gasteiger partial charge is 0.357 e. The quantitative estimate of drug-likeness (QED) is 0.835. The van der Waals surface area contributed by atoms with E-state index in [0.29, 0.717) is 5.00 Å². The van der Waals surface area contributed by atoms with Crippen molar-refractivity contribution in [3.05, 3.63) is 11.2 Å². The fourth-order valence-corrected chi connectivity index (χ4v) is 1.67. The molecule has 0 aliphatic heterocycles. The summed E-state index contributed by atoms with van der Waals surface area (Å²) in [6.07, 6.45) is 0. The van der Waals surface area contributed by atoms with Gasteiger partial charge in [-0.15, -0.1) is 11.3 Å². The predicted octanol–water partition coefficient (Wildman–Crippen LogP) is 2.69. The number of hydrogen-bond donors (Lipinski definition) is 2. The standard InChI is InChI=1S/C10H16N2O2S/c1-6(10(2,3)4)12-8-7(9(13)14)11-5-15-8/h5-6,12H,1-4H3,(H,13,14). The summed E-state index contributed by atoms with van der Waals surface area (Å²) in [5, 5.41) is 12.7. The molecule has 0 saturated carbocycles. The zero-order chi connectivity index (χ0) is 11.6. The summed E-state index contributed by atoms with van der Waals surface area (Å²) in [5.74, 6) is -0.986. The van der Waals surface area contributed by atoms with Crippen LogP contribution in [0.25, 0.3) is 0 Å². The third-order valence-electron chi connectivity index (χ3n) is 2.42. The number of aromatic carboxylic acids is 1. The highest BCUT2D eigenvalue weighted by atomic mass is 32.1. The van der Waals surface area contributed by atoms with Crippen molar-refractivity contribution in [3.63, 3.8) is 0 Å². The Kier molecular flexibility index (Phi) is 3.34. The lowest BCUT2D eigenvalue weighted by Crippen LogP contribution is -2.31. The van der Waals surface area contributed by atoms with Crippen molar-refractivity contribution in [1.82, 2.24) is 4.98 Å². The van der Waals surface area contributed by atoms with E-state index in [1.165, 1.54) is 11.3 Å². The lowest BCUT2D eigenvalue weighted by atomic mass is 9.88. The first kappa shape index (κ1) is 12.0. The van der Waals surface area contributed by atoms with E-state index in [1.807, 2.05) is 6.92 Å². The molecular formula is C10H16N2O2S. The van der Waals surface area contributed by atoms with Gasteiger partial charge in [0.25, 0.3) is 0 Å². The summed E-state index contributed by atoms with van der Waals surface area (Å²) in [7, 11) is 0. The van der Waals surface area contributed by atoms with Gasteiger partial charge in [0, 0.05) is 6.04 Å². The number of aromatic nitrogens is 1. The Bertz CT molecular complexity index is 355. The summed E-state index contributed by atoms with van der Waals surface area (Å²) in [6.45, 7) is 8.34. The molecule has 2 N–H and O–H groups in total. The first-order chi connectivity index (χ1) is 6.82. The maximum atomic E-state index is 10.8. The van der Waals surface area contributed by atoms with Gasteiger partial charge in [0.2, 0.25) is 0 Å². The SMILES string of the molecule is CC(Nc1scnc1C(=O)O)C(C)(C)C. The predicted molar refractivity (Wildman–Crippen MR) is 61.6 cm³/mol. The Morgan fingerprint density at radius 3 is 2.67 bits per heavy atom. The van der Waals surface area contributed by atoms with Crippen LogP contribution in [-0.4, -0.2) is 22.1 Å². The summed E-state index contributed by atoms with van der Waals surface area (Å²) in [4.78, 5) is 14.6. The number of thiazole rings is 1. The molecule has 1 aromatic rings. The molecule has 0 radical (unpaired) electrons. The van der Waals surface area contributed by atoms with E-state index in [2.05, 4.69) is 31.1 Å². The van der Waals surface area contributed by atoms with Gasteiger partial charge in [-0.3, -0.25) is 0 Å². The number of anilines is 1. The van der Waals surface area contributed by atoms with Gasteiger partial charge in [-0.05, 0) is 12.3 Å². The maximum absolute atomic E-state index is 10.8. The van der Waals surface area contributed by atoms with Crippen LogP contribution in [-0.2, 0) is 0 Å². The second kappa shape index (κ2) is 4.18. The van der Waals surface area contributed by atoms with E-state index in [4.69, 9.17) is 5.11 Å². The first-order valence-electron chi connectivity index (χ1n) is 4.75. The fourth-order valence-electron chi connectivity index (χ4n) is 0.914. The lowest BCUT2D eigenvalue weighted by molar-refractivity contribution is 0.0692. The Labute approximate surface area is 93.4 Å². The molecule has 0 fully saturated rings. The van der Waals surface area contributed by atoms with Crippen LogP contribution in [0.4, 0.5) is 5.00 Å². The molecule has 0 aliphatic carbocycles. The van der Waals surface area contributed by atoms with Crippen LogP contribution in [0.5, 0.6) is 0 Å². The largest absolute Gasteiger partial charge is 0.476 e. The Hall–Kier alpha value is -1.10. The summed E-state index contributed by atoms with van der Waals surface area (Å²) in [6, 6.07) is 0.191. The van der Waals surface area contributed by atoms with E-state index in [-0.39, 0.29) is 17.2 Å². The molecular weight excluding hydrogens is 212 g/mol. The first-order valence-corrected chi connectivity index (χ1v) is 5.63. The molecule has 84 valence electrons. The van der Waals surface area contributed by atoms with E-state index in [9.17, 15) is 4.79 Å². The van der Waals surface area contributed by atoms with Crippen LogP contribution in [0, 0.1) is 5.41 Å². The molecule has 1 aromatic heterocycles. The number of nitrogens with zero attached hydrogens (tertiary/aromatic N) is 1. The number of carboxylic acid groups (broad SMARTS) is 1. The van der Waals surface area contributed by atoms with Crippen LogP contribution in [0.15, 0.2) is 5.51 Å². The van der Waals surface area contributed by atoms with Gasteiger partial charge in [0.15, 0.2) is 5.69 Å². The van der Waals surface area contributed by atoms with Gasteiger partial charge >= 0.3 is 5.97 Å². The van der Waals surface area contributed by atoms with Crippen molar-refractivity contribution in [2.75, 3.05) is 5.32 Å². The zero-order valence-electron chi connectivity index (χ0n) is 9.37. The number of rotatable bonds is 3.